The summed E-state index contributed by atoms with van der Waals surface area (Å²) in [5.41, 5.74) is 1.15. The Labute approximate surface area is 192 Å². The topological polar surface area (TPSA) is 87.7 Å². The van der Waals surface area contributed by atoms with Crippen LogP contribution in [0.5, 0.6) is 11.5 Å². The second kappa shape index (κ2) is 8.43. The number of halogens is 1. The first-order valence-electron chi connectivity index (χ1n) is 10.4. The third kappa shape index (κ3) is 3.57. The normalized spacial score (nSPS) is 11.1. The summed E-state index contributed by atoms with van der Waals surface area (Å²) in [6.07, 6.45) is 0. The van der Waals surface area contributed by atoms with Gasteiger partial charge in [-0.15, -0.1) is 5.10 Å². The van der Waals surface area contributed by atoms with Crippen LogP contribution in [0.4, 0.5) is 4.39 Å². The van der Waals surface area contributed by atoms with Crippen molar-refractivity contribution in [1.82, 2.24) is 19.2 Å². The smallest absolute Gasteiger partial charge is 0.351 e. The fraction of sp³-hybridized carbons (Fsp3) is 0.120. The van der Waals surface area contributed by atoms with Gasteiger partial charge in [0.1, 0.15) is 5.82 Å². The van der Waals surface area contributed by atoms with Crippen LogP contribution < -0.4 is 15.2 Å². The molecule has 0 fully saturated rings. The summed E-state index contributed by atoms with van der Waals surface area (Å²) in [5, 5.41) is 4.96. The average Bonchev–Trinajstić information content (AvgIpc) is 3.32. The number of carbonyl (C=O) groups excluding carboxylic acids is 1. The number of benzene rings is 3. The SMILES string of the molecule is COc1ccc(C(=O)Cn2c(=O)n3nc(-c4cccc(F)c4)nc3c3ccccc32)cc1OC. The Morgan fingerprint density at radius 2 is 1.76 bits per heavy atom. The zero-order chi connectivity index (χ0) is 23.8. The van der Waals surface area contributed by atoms with Gasteiger partial charge in [-0.25, -0.2) is 14.2 Å². The van der Waals surface area contributed by atoms with Crippen LogP contribution in [0.2, 0.25) is 0 Å². The molecular weight excluding hydrogens is 439 g/mol. The molecule has 0 unspecified atom stereocenters. The Bertz CT molecular complexity index is 1620. The highest BCUT2D eigenvalue weighted by Crippen LogP contribution is 2.28. The molecule has 0 bridgehead atoms. The van der Waals surface area contributed by atoms with Gasteiger partial charge < -0.3 is 9.47 Å². The lowest BCUT2D eigenvalue weighted by Gasteiger charge is -2.12. The molecule has 170 valence electrons. The van der Waals surface area contributed by atoms with E-state index < -0.39 is 11.5 Å². The zero-order valence-electron chi connectivity index (χ0n) is 18.4. The van der Waals surface area contributed by atoms with E-state index in [0.29, 0.717) is 39.2 Å². The van der Waals surface area contributed by atoms with Crippen molar-refractivity contribution in [3.05, 3.63) is 88.6 Å². The van der Waals surface area contributed by atoms with E-state index in [-0.39, 0.29) is 18.2 Å². The fourth-order valence-electron chi connectivity index (χ4n) is 3.88. The molecule has 5 aromatic rings. The molecule has 8 nitrogen and oxygen atoms in total. The molecule has 0 aliphatic heterocycles. The van der Waals surface area contributed by atoms with Gasteiger partial charge in [-0.2, -0.15) is 4.52 Å². The number of hydrogen-bond acceptors (Lipinski definition) is 6. The van der Waals surface area contributed by atoms with Gasteiger partial charge in [-0.3, -0.25) is 9.36 Å². The molecule has 0 N–H and O–H groups in total. The first-order valence-corrected chi connectivity index (χ1v) is 10.4. The molecule has 0 spiro atoms. The third-order valence-corrected chi connectivity index (χ3v) is 5.55. The Kier molecular flexibility index (Phi) is 5.29. The summed E-state index contributed by atoms with van der Waals surface area (Å²) >= 11 is 0. The number of ether oxygens (including phenoxy) is 2. The van der Waals surface area contributed by atoms with E-state index >= 15 is 0 Å². The fourth-order valence-corrected chi connectivity index (χ4v) is 3.88. The van der Waals surface area contributed by atoms with Gasteiger partial charge in [-0.05, 0) is 42.5 Å². The molecule has 0 aliphatic rings. The van der Waals surface area contributed by atoms with Crippen LogP contribution in [0.15, 0.2) is 71.5 Å². The first kappa shape index (κ1) is 21.3. The maximum Gasteiger partial charge on any atom is 0.351 e. The van der Waals surface area contributed by atoms with Crippen LogP contribution in [0.25, 0.3) is 27.9 Å². The van der Waals surface area contributed by atoms with Crippen molar-refractivity contribution >= 4 is 22.3 Å². The van der Waals surface area contributed by atoms with Gasteiger partial charge in [0, 0.05) is 16.5 Å². The summed E-state index contributed by atoms with van der Waals surface area (Å²) in [6.45, 7) is -0.222. The molecule has 2 aromatic heterocycles. The summed E-state index contributed by atoms with van der Waals surface area (Å²) in [4.78, 5) is 31.0. The Hall–Kier alpha value is -4.53. The molecule has 2 heterocycles. The number of Topliss-reactive ketones (excluding diaryl/α,β-unsaturated/α-hetero) is 1. The van der Waals surface area contributed by atoms with Crippen LogP contribution >= 0.6 is 0 Å². The molecule has 0 atom stereocenters. The van der Waals surface area contributed by atoms with E-state index in [0.717, 1.165) is 4.52 Å². The first-order chi connectivity index (χ1) is 16.5. The van der Waals surface area contributed by atoms with Crippen molar-refractivity contribution < 1.29 is 18.7 Å². The predicted molar refractivity (Wildman–Crippen MR) is 124 cm³/mol. The van der Waals surface area contributed by atoms with E-state index in [9.17, 15) is 14.0 Å². The number of hydrogen-bond donors (Lipinski definition) is 0. The van der Waals surface area contributed by atoms with Crippen molar-refractivity contribution in [2.45, 2.75) is 6.54 Å². The van der Waals surface area contributed by atoms with Gasteiger partial charge in [0.05, 0.1) is 26.3 Å². The van der Waals surface area contributed by atoms with Gasteiger partial charge >= 0.3 is 5.69 Å². The molecule has 0 radical (unpaired) electrons. The summed E-state index contributed by atoms with van der Waals surface area (Å²) in [6, 6.07) is 17.8. The number of fused-ring (bicyclic) bond motifs is 3. The van der Waals surface area contributed by atoms with Crippen LogP contribution in [-0.2, 0) is 6.54 Å². The largest absolute Gasteiger partial charge is 0.493 e. The molecular formula is C25H19FN4O4. The van der Waals surface area contributed by atoms with Crippen LogP contribution in [0.1, 0.15) is 10.4 Å². The number of methoxy groups -OCH3 is 2. The zero-order valence-corrected chi connectivity index (χ0v) is 18.4. The Balaban J connectivity index is 1.64. The quantitative estimate of drug-likeness (QED) is 0.360. The van der Waals surface area contributed by atoms with Crippen molar-refractivity contribution in [1.29, 1.82) is 0 Å². The summed E-state index contributed by atoms with van der Waals surface area (Å²) < 4.78 is 26.7. The molecule has 0 aliphatic carbocycles. The van der Waals surface area contributed by atoms with Gasteiger partial charge in [0.15, 0.2) is 28.8 Å². The van der Waals surface area contributed by atoms with Crippen LogP contribution in [0.3, 0.4) is 0 Å². The van der Waals surface area contributed by atoms with Gasteiger partial charge in [0.25, 0.3) is 0 Å². The van der Waals surface area contributed by atoms with Gasteiger partial charge in [-0.1, -0.05) is 24.3 Å². The highest BCUT2D eigenvalue weighted by Gasteiger charge is 2.19. The summed E-state index contributed by atoms with van der Waals surface area (Å²) in [7, 11) is 3.00. The maximum absolute atomic E-state index is 13.7. The lowest BCUT2D eigenvalue weighted by Crippen LogP contribution is -2.30. The highest BCUT2D eigenvalue weighted by molar-refractivity contribution is 5.98. The third-order valence-electron chi connectivity index (χ3n) is 5.55. The lowest BCUT2D eigenvalue weighted by atomic mass is 10.1. The van der Waals surface area contributed by atoms with E-state index in [4.69, 9.17) is 9.47 Å². The summed E-state index contributed by atoms with van der Waals surface area (Å²) in [5.74, 6) is 0.399. The van der Waals surface area contributed by atoms with Gasteiger partial charge in [0.2, 0.25) is 0 Å². The second-order valence-corrected chi connectivity index (χ2v) is 7.56. The van der Waals surface area contributed by atoms with E-state index in [1.54, 1.807) is 48.5 Å². The highest BCUT2D eigenvalue weighted by atomic mass is 19.1. The van der Waals surface area contributed by atoms with Crippen molar-refractivity contribution in [2.24, 2.45) is 0 Å². The number of rotatable bonds is 6. The van der Waals surface area contributed by atoms with E-state index in [1.807, 2.05) is 6.07 Å². The number of nitrogens with zero attached hydrogens (tertiary/aromatic N) is 4. The molecule has 9 heteroatoms. The van der Waals surface area contributed by atoms with Crippen molar-refractivity contribution in [3.63, 3.8) is 0 Å². The Morgan fingerprint density at radius 1 is 0.971 bits per heavy atom. The number of para-hydroxylation sites is 1. The lowest BCUT2D eigenvalue weighted by molar-refractivity contribution is 0.0971. The molecule has 34 heavy (non-hydrogen) atoms. The average molecular weight is 458 g/mol. The van der Waals surface area contributed by atoms with Crippen molar-refractivity contribution in [3.8, 4) is 22.9 Å². The minimum absolute atomic E-state index is 0.214. The molecule has 5 rings (SSSR count). The maximum atomic E-state index is 13.7. The van der Waals surface area contributed by atoms with Crippen molar-refractivity contribution in [2.75, 3.05) is 14.2 Å². The standard InChI is InChI=1S/C25H19FN4O4/c1-33-21-11-10-15(13-22(21)34-2)20(31)14-29-19-9-4-3-8-18(19)24-27-23(28-30(24)25(29)32)16-6-5-7-17(26)12-16/h3-13H,14H2,1-2H3. The monoisotopic (exact) mass is 458 g/mol. The minimum atomic E-state index is -0.530. The Morgan fingerprint density at radius 3 is 2.53 bits per heavy atom. The number of aromatic nitrogens is 4. The van der Waals surface area contributed by atoms with Crippen LogP contribution in [0, 0.1) is 5.82 Å². The van der Waals surface area contributed by atoms with E-state index in [1.165, 1.54) is 30.9 Å². The van der Waals surface area contributed by atoms with Crippen LogP contribution in [-0.4, -0.2) is 39.2 Å². The molecule has 0 saturated carbocycles. The predicted octanol–water partition coefficient (Wildman–Crippen LogP) is 3.75. The second-order valence-electron chi connectivity index (χ2n) is 7.56. The number of ketones is 1. The number of carbonyl (C=O) groups is 1. The molecule has 3 aromatic carbocycles. The van der Waals surface area contributed by atoms with E-state index in [2.05, 4.69) is 10.1 Å². The molecule has 0 saturated heterocycles. The molecule has 0 amide bonds. The minimum Gasteiger partial charge on any atom is -0.493 e.